The highest BCUT2D eigenvalue weighted by Gasteiger charge is 2.42. The Balaban J connectivity index is 1.97. The number of fused-ring (bicyclic) bond motifs is 2. The first kappa shape index (κ1) is 21.9. The Morgan fingerprint density at radius 2 is 1.75 bits per heavy atom. The van der Waals surface area contributed by atoms with Crippen molar-refractivity contribution in [1.29, 1.82) is 0 Å². The maximum Gasteiger partial charge on any atom is 0.290 e. The van der Waals surface area contributed by atoms with Gasteiger partial charge in [-0.3, -0.25) is 9.59 Å². The zero-order valence-corrected chi connectivity index (χ0v) is 18.7. The molecule has 0 bridgehead atoms. The van der Waals surface area contributed by atoms with Gasteiger partial charge in [-0.1, -0.05) is 12.1 Å². The number of aliphatic hydroxyl groups excluding tert-OH is 1. The van der Waals surface area contributed by atoms with Crippen molar-refractivity contribution in [2.24, 2.45) is 0 Å². The van der Waals surface area contributed by atoms with Crippen LogP contribution >= 0.6 is 0 Å². The molecule has 4 rings (SSSR count). The Bertz CT molecular complexity index is 1250. The summed E-state index contributed by atoms with van der Waals surface area (Å²) in [6.07, 6.45) is 0. The van der Waals surface area contributed by atoms with Crippen LogP contribution in [0.25, 0.3) is 11.0 Å². The summed E-state index contributed by atoms with van der Waals surface area (Å²) in [5, 5.41) is 10.1. The molecule has 0 aliphatic carbocycles. The predicted molar refractivity (Wildman–Crippen MR) is 121 cm³/mol. The van der Waals surface area contributed by atoms with E-state index in [-0.39, 0.29) is 29.9 Å². The lowest BCUT2D eigenvalue weighted by molar-refractivity contribution is 0.0691. The normalized spacial score (nSPS) is 15.3. The highest BCUT2D eigenvalue weighted by atomic mass is 16.5. The molecule has 1 aliphatic heterocycles. The number of β-amino-alcohol motifs (C(OH)–C–C–N with tert-alkyl or cyclic N) is 1. The number of rotatable bonds is 7. The maximum absolute atomic E-state index is 13.7. The maximum atomic E-state index is 13.7. The second kappa shape index (κ2) is 8.67. The van der Waals surface area contributed by atoms with Gasteiger partial charge in [-0.25, -0.2) is 0 Å². The molecule has 0 spiro atoms. The lowest BCUT2D eigenvalue weighted by Crippen LogP contribution is -2.32. The Morgan fingerprint density at radius 1 is 1.03 bits per heavy atom. The Labute approximate surface area is 186 Å². The van der Waals surface area contributed by atoms with Crippen LogP contribution in [-0.4, -0.2) is 42.3 Å². The zero-order chi connectivity index (χ0) is 23.0. The molecule has 1 N–H and O–H groups in total. The molecule has 0 saturated heterocycles. The molecular formula is C25H27NO6. The average molecular weight is 437 g/mol. The van der Waals surface area contributed by atoms with Crippen molar-refractivity contribution in [3.05, 3.63) is 68.6 Å². The molecule has 32 heavy (non-hydrogen) atoms. The second-order valence-corrected chi connectivity index (χ2v) is 7.83. The second-order valence-electron chi connectivity index (χ2n) is 7.83. The Kier molecular flexibility index (Phi) is 5.93. The monoisotopic (exact) mass is 437 g/mol. The molecule has 2 heterocycles. The third kappa shape index (κ3) is 3.52. The summed E-state index contributed by atoms with van der Waals surface area (Å²) in [6, 6.07) is 8.38. The van der Waals surface area contributed by atoms with E-state index in [0.717, 1.165) is 11.1 Å². The molecule has 1 amide bonds. The summed E-state index contributed by atoms with van der Waals surface area (Å²) in [4.78, 5) is 28.4. The van der Waals surface area contributed by atoms with E-state index in [0.29, 0.717) is 41.2 Å². The lowest BCUT2D eigenvalue weighted by atomic mass is 9.96. The zero-order valence-electron chi connectivity index (χ0n) is 18.7. The van der Waals surface area contributed by atoms with Gasteiger partial charge in [0.05, 0.1) is 36.8 Å². The third-order valence-electron chi connectivity index (χ3n) is 5.64. The lowest BCUT2D eigenvalue weighted by Gasteiger charge is -2.25. The number of aryl methyl sites for hydroxylation is 2. The molecule has 0 saturated carbocycles. The number of hydrogen-bond acceptors (Lipinski definition) is 6. The van der Waals surface area contributed by atoms with Crippen LogP contribution < -0.4 is 14.9 Å². The van der Waals surface area contributed by atoms with Crippen LogP contribution in [-0.2, 0) is 0 Å². The fraction of sp³-hybridized carbons (Fsp3) is 0.360. The minimum absolute atomic E-state index is 0.0257. The van der Waals surface area contributed by atoms with Crippen LogP contribution in [0, 0.1) is 13.8 Å². The third-order valence-corrected chi connectivity index (χ3v) is 5.64. The molecule has 1 aromatic heterocycles. The molecule has 7 heteroatoms. The van der Waals surface area contributed by atoms with Gasteiger partial charge in [0, 0.05) is 6.54 Å². The van der Waals surface area contributed by atoms with Crippen molar-refractivity contribution in [1.82, 2.24) is 4.90 Å². The largest absolute Gasteiger partial charge is 0.490 e. The molecular weight excluding hydrogens is 410 g/mol. The number of carbonyl (C=O) groups excluding carboxylic acids is 1. The number of benzene rings is 2. The van der Waals surface area contributed by atoms with Crippen molar-refractivity contribution in [3.8, 4) is 11.5 Å². The van der Waals surface area contributed by atoms with E-state index in [9.17, 15) is 14.7 Å². The molecule has 2 aromatic carbocycles. The molecule has 168 valence electrons. The molecule has 0 fully saturated rings. The van der Waals surface area contributed by atoms with Gasteiger partial charge in [0.1, 0.15) is 5.58 Å². The number of carbonyl (C=O) groups is 1. The molecule has 3 aromatic rings. The van der Waals surface area contributed by atoms with Crippen molar-refractivity contribution in [2.45, 2.75) is 33.7 Å². The van der Waals surface area contributed by atoms with Crippen LogP contribution in [0.1, 0.15) is 52.7 Å². The SMILES string of the molecule is CCOc1ccc([C@@H]2c3c(oc4cc(C)cc(C)c4c3=O)C(=O)N2CCO)cc1OCC. The minimum Gasteiger partial charge on any atom is -0.490 e. The van der Waals surface area contributed by atoms with Gasteiger partial charge in [-0.15, -0.1) is 0 Å². The first-order valence-electron chi connectivity index (χ1n) is 10.8. The summed E-state index contributed by atoms with van der Waals surface area (Å²) < 4.78 is 17.4. The summed E-state index contributed by atoms with van der Waals surface area (Å²) in [7, 11) is 0. The fourth-order valence-corrected chi connectivity index (χ4v) is 4.44. The van der Waals surface area contributed by atoms with E-state index in [1.165, 1.54) is 4.90 Å². The van der Waals surface area contributed by atoms with Crippen molar-refractivity contribution >= 4 is 16.9 Å². The number of hydrogen-bond donors (Lipinski definition) is 1. The highest BCUT2D eigenvalue weighted by Crippen LogP contribution is 2.41. The smallest absolute Gasteiger partial charge is 0.290 e. The number of ether oxygens (including phenoxy) is 2. The quantitative estimate of drug-likeness (QED) is 0.606. The van der Waals surface area contributed by atoms with E-state index < -0.39 is 11.9 Å². The topological polar surface area (TPSA) is 89.2 Å². The van der Waals surface area contributed by atoms with Crippen molar-refractivity contribution in [2.75, 3.05) is 26.4 Å². The van der Waals surface area contributed by atoms with Crippen molar-refractivity contribution in [3.63, 3.8) is 0 Å². The van der Waals surface area contributed by atoms with Gasteiger partial charge in [0.25, 0.3) is 5.91 Å². The highest BCUT2D eigenvalue weighted by molar-refractivity contribution is 5.99. The minimum atomic E-state index is -0.694. The predicted octanol–water partition coefficient (Wildman–Crippen LogP) is 3.74. The van der Waals surface area contributed by atoms with Gasteiger partial charge >= 0.3 is 0 Å². The molecule has 1 aliphatic rings. The first-order chi connectivity index (χ1) is 15.4. The van der Waals surface area contributed by atoms with Gasteiger partial charge in [0.15, 0.2) is 16.9 Å². The molecule has 0 unspecified atom stereocenters. The van der Waals surface area contributed by atoms with E-state index >= 15 is 0 Å². The number of amides is 1. The van der Waals surface area contributed by atoms with E-state index in [1.54, 1.807) is 18.2 Å². The summed E-state index contributed by atoms with van der Waals surface area (Å²) >= 11 is 0. The summed E-state index contributed by atoms with van der Waals surface area (Å²) in [6.45, 7) is 8.29. The average Bonchev–Trinajstić information content (AvgIpc) is 3.02. The van der Waals surface area contributed by atoms with E-state index in [1.807, 2.05) is 39.8 Å². The Hall–Kier alpha value is -3.32. The van der Waals surface area contributed by atoms with Crippen LogP contribution in [0.15, 0.2) is 39.5 Å². The summed E-state index contributed by atoms with van der Waals surface area (Å²) in [5.41, 5.74) is 2.88. The van der Waals surface area contributed by atoms with Gasteiger partial charge in [-0.2, -0.15) is 0 Å². The van der Waals surface area contributed by atoms with E-state index in [2.05, 4.69) is 0 Å². The Morgan fingerprint density at radius 3 is 2.44 bits per heavy atom. The molecule has 0 radical (unpaired) electrons. The summed E-state index contributed by atoms with van der Waals surface area (Å²) in [5.74, 6) is 0.740. The first-order valence-corrected chi connectivity index (χ1v) is 10.8. The van der Waals surface area contributed by atoms with Crippen LogP contribution in [0.3, 0.4) is 0 Å². The standard InChI is InChI=1S/C25H27NO6/c1-5-30-17-8-7-16(13-18(17)31-6-2)22-21-23(28)20-15(4)11-14(3)12-19(20)32-24(21)25(29)26(22)9-10-27/h7-8,11-13,22,27H,5-6,9-10H2,1-4H3/t22-/m1/s1. The molecule has 7 nitrogen and oxygen atoms in total. The number of nitrogens with zero attached hydrogens (tertiary/aromatic N) is 1. The van der Waals surface area contributed by atoms with Gasteiger partial charge in [-0.05, 0) is 62.6 Å². The van der Waals surface area contributed by atoms with Gasteiger partial charge < -0.3 is 23.9 Å². The van der Waals surface area contributed by atoms with Crippen LogP contribution in [0.2, 0.25) is 0 Å². The van der Waals surface area contributed by atoms with Crippen LogP contribution in [0.5, 0.6) is 11.5 Å². The fourth-order valence-electron chi connectivity index (χ4n) is 4.44. The van der Waals surface area contributed by atoms with E-state index in [4.69, 9.17) is 13.9 Å². The molecule has 1 atom stereocenters. The van der Waals surface area contributed by atoms with Crippen LogP contribution in [0.4, 0.5) is 0 Å². The van der Waals surface area contributed by atoms with Crippen molar-refractivity contribution < 1.29 is 23.8 Å². The number of aliphatic hydroxyl groups is 1. The van der Waals surface area contributed by atoms with Gasteiger partial charge in [0.2, 0.25) is 5.76 Å².